The Morgan fingerprint density at radius 3 is 2.26 bits per heavy atom. The largest absolute Gasteiger partial charge is 0.391 e. The molecule has 0 bridgehead atoms. The lowest BCUT2D eigenvalue weighted by Crippen LogP contribution is -2.36. The smallest absolute Gasteiger partial charge is 0.215 e. The topological polar surface area (TPSA) is 66.4 Å². The molecule has 1 rings (SSSR count). The van der Waals surface area contributed by atoms with Gasteiger partial charge in [0.1, 0.15) is 0 Å². The van der Waals surface area contributed by atoms with Gasteiger partial charge in [0.2, 0.25) is 10.0 Å². The fourth-order valence-electron chi connectivity index (χ4n) is 2.06. The third-order valence-electron chi connectivity index (χ3n) is 3.30. The molecule has 0 amide bonds. The van der Waals surface area contributed by atoms with Crippen LogP contribution < -0.4 is 4.72 Å². The first-order chi connectivity index (χ1) is 8.98. The van der Waals surface area contributed by atoms with Crippen LogP contribution in [0.3, 0.4) is 0 Å². The molecule has 0 saturated carbocycles. The van der Waals surface area contributed by atoms with Crippen molar-refractivity contribution in [3.8, 4) is 0 Å². The van der Waals surface area contributed by atoms with Crippen molar-refractivity contribution in [2.75, 3.05) is 6.54 Å². The highest BCUT2D eigenvalue weighted by atomic mass is 32.2. The van der Waals surface area contributed by atoms with Crippen molar-refractivity contribution < 1.29 is 13.5 Å². The quantitative estimate of drug-likeness (QED) is 0.766. The Balaban J connectivity index is 2.52. The first-order valence-corrected chi connectivity index (χ1v) is 8.33. The molecule has 19 heavy (non-hydrogen) atoms. The molecule has 1 aromatic carbocycles. The zero-order valence-corrected chi connectivity index (χ0v) is 12.4. The Morgan fingerprint density at radius 1 is 1.16 bits per heavy atom. The van der Waals surface area contributed by atoms with Gasteiger partial charge in [0.05, 0.1) is 11.9 Å². The number of hydrogen-bond donors (Lipinski definition) is 2. The van der Waals surface area contributed by atoms with Crippen molar-refractivity contribution in [3.05, 3.63) is 35.9 Å². The lowest BCUT2D eigenvalue weighted by Gasteiger charge is -2.20. The van der Waals surface area contributed by atoms with E-state index in [9.17, 15) is 13.5 Å². The molecule has 0 aliphatic heterocycles. The first kappa shape index (κ1) is 16.1. The van der Waals surface area contributed by atoms with E-state index in [0.29, 0.717) is 0 Å². The van der Waals surface area contributed by atoms with Crippen molar-refractivity contribution >= 4 is 10.0 Å². The molecule has 1 unspecified atom stereocenters. The molecule has 108 valence electrons. The molecule has 0 aliphatic rings. The van der Waals surface area contributed by atoms with E-state index in [2.05, 4.69) is 4.72 Å². The van der Waals surface area contributed by atoms with E-state index in [4.69, 9.17) is 0 Å². The second-order valence-electron chi connectivity index (χ2n) is 4.74. The zero-order chi connectivity index (χ0) is 14.3. The lowest BCUT2D eigenvalue weighted by molar-refractivity contribution is 0.107. The Kier molecular flexibility index (Phi) is 6.48. The molecule has 0 radical (unpaired) electrons. The number of sulfonamides is 1. The Morgan fingerprint density at radius 2 is 1.74 bits per heavy atom. The number of aliphatic hydroxyl groups is 1. The van der Waals surface area contributed by atoms with Crippen LogP contribution >= 0.6 is 0 Å². The van der Waals surface area contributed by atoms with Gasteiger partial charge in [0.25, 0.3) is 0 Å². The van der Waals surface area contributed by atoms with Crippen LogP contribution in [0.5, 0.6) is 0 Å². The minimum atomic E-state index is -3.39. The van der Waals surface area contributed by atoms with Gasteiger partial charge in [0, 0.05) is 6.54 Å². The Bertz CT molecular complexity index is 455. The highest BCUT2D eigenvalue weighted by Crippen LogP contribution is 2.13. The van der Waals surface area contributed by atoms with Crippen molar-refractivity contribution in [1.29, 1.82) is 0 Å². The van der Waals surface area contributed by atoms with Gasteiger partial charge in [-0.3, -0.25) is 0 Å². The SMILES string of the molecule is CCC(CC)C(O)CNS(=O)(=O)Cc1ccccc1. The summed E-state index contributed by atoms with van der Waals surface area (Å²) in [6.07, 6.45) is 1.07. The number of aliphatic hydroxyl groups excluding tert-OH is 1. The maximum Gasteiger partial charge on any atom is 0.215 e. The molecular weight excluding hydrogens is 262 g/mol. The fourth-order valence-corrected chi connectivity index (χ4v) is 3.21. The summed E-state index contributed by atoms with van der Waals surface area (Å²) in [6, 6.07) is 9.02. The van der Waals surface area contributed by atoms with Crippen LogP contribution in [0.15, 0.2) is 30.3 Å². The zero-order valence-electron chi connectivity index (χ0n) is 11.5. The predicted molar refractivity (Wildman–Crippen MR) is 77.1 cm³/mol. The van der Waals surface area contributed by atoms with E-state index in [1.54, 1.807) is 12.1 Å². The van der Waals surface area contributed by atoms with E-state index >= 15 is 0 Å². The van der Waals surface area contributed by atoms with Gasteiger partial charge in [-0.2, -0.15) is 0 Å². The number of nitrogens with one attached hydrogen (secondary N) is 1. The van der Waals surface area contributed by atoms with Gasteiger partial charge in [-0.15, -0.1) is 0 Å². The Labute approximate surface area is 115 Å². The molecule has 2 N–H and O–H groups in total. The first-order valence-electron chi connectivity index (χ1n) is 6.67. The summed E-state index contributed by atoms with van der Waals surface area (Å²) in [6.45, 7) is 4.08. The third-order valence-corrected chi connectivity index (χ3v) is 4.62. The second kappa shape index (κ2) is 7.62. The average molecular weight is 285 g/mol. The monoisotopic (exact) mass is 285 g/mol. The molecule has 0 saturated heterocycles. The molecule has 0 fully saturated rings. The number of rotatable bonds is 8. The summed E-state index contributed by atoms with van der Waals surface area (Å²) >= 11 is 0. The molecule has 0 aromatic heterocycles. The van der Waals surface area contributed by atoms with E-state index in [0.717, 1.165) is 18.4 Å². The molecule has 1 aromatic rings. The molecule has 1 atom stereocenters. The summed E-state index contributed by atoms with van der Waals surface area (Å²) in [5.74, 6) is 0.0863. The van der Waals surface area contributed by atoms with Crippen molar-refractivity contribution in [2.45, 2.75) is 38.5 Å². The summed E-state index contributed by atoms with van der Waals surface area (Å²) < 4.78 is 26.2. The van der Waals surface area contributed by atoms with Crippen LogP contribution in [0.25, 0.3) is 0 Å². The van der Waals surface area contributed by atoms with Crippen LogP contribution in [-0.2, 0) is 15.8 Å². The van der Waals surface area contributed by atoms with Gasteiger partial charge >= 0.3 is 0 Å². The molecule has 0 heterocycles. The number of benzene rings is 1. The standard InChI is InChI=1S/C14H23NO3S/c1-3-13(4-2)14(16)10-15-19(17,18)11-12-8-6-5-7-9-12/h5-9,13-16H,3-4,10-11H2,1-2H3. The minimum Gasteiger partial charge on any atom is -0.391 e. The van der Waals surface area contributed by atoms with E-state index in [1.165, 1.54) is 0 Å². The van der Waals surface area contributed by atoms with Gasteiger partial charge in [-0.05, 0) is 11.5 Å². The van der Waals surface area contributed by atoms with Crippen molar-refractivity contribution in [3.63, 3.8) is 0 Å². The maximum atomic E-state index is 11.9. The summed E-state index contributed by atoms with van der Waals surface area (Å²) in [5.41, 5.74) is 0.743. The van der Waals surface area contributed by atoms with Crippen LogP contribution in [0, 0.1) is 5.92 Å². The molecular formula is C14H23NO3S. The highest BCUT2D eigenvalue weighted by Gasteiger charge is 2.18. The van der Waals surface area contributed by atoms with Gasteiger partial charge in [0.15, 0.2) is 0 Å². The van der Waals surface area contributed by atoms with Crippen molar-refractivity contribution in [2.24, 2.45) is 5.92 Å². The van der Waals surface area contributed by atoms with Crippen LogP contribution in [-0.4, -0.2) is 26.2 Å². The van der Waals surface area contributed by atoms with Gasteiger partial charge in [-0.25, -0.2) is 13.1 Å². The molecule has 0 aliphatic carbocycles. The lowest BCUT2D eigenvalue weighted by atomic mass is 9.97. The average Bonchev–Trinajstić information content (AvgIpc) is 2.38. The summed E-state index contributed by atoms with van der Waals surface area (Å²) in [5, 5.41) is 9.91. The maximum absolute atomic E-state index is 11.9. The predicted octanol–water partition coefficient (Wildman–Crippen LogP) is 1.90. The van der Waals surface area contributed by atoms with E-state index < -0.39 is 16.1 Å². The van der Waals surface area contributed by atoms with Gasteiger partial charge in [-0.1, -0.05) is 57.0 Å². The fraction of sp³-hybridized carbons (Fsp3) is 0.571. The highest BCUT2D eigenvalue weighted by molar-refractivity contribution is 7.88. The summed E-state index contributed by atoms with van der Waals surface area (Å²) in [4.78, 5) is 0. The van der Waals surface area contributed by atoms with Crippen LogP contribution in [0.2, 0.25) is 0 Å². The molecule has 0 spiro atoms. The molecule has 4 nitrogen and oxygen atoms in total. The minimum absolute atomic E-state index is 0.0521. The summed E-state index contributed by atoms with van der Waals surface area (Å²) in [7, 11) is -3.39. The van der Waals surface area contributed by atoms with Gasteiger partial charge < -0.3 is 5.11 Å². The van der Waals surface area contributed by atoms with E-state index in [-0.39, 0.29) is 18.2 Å². The van der Waals surface area contributed by atoms with E-state index in [1.807, 2.05) is 32.0 Å². The number of hydrogen-bond acceptors (Lipinski definition) is 3. The molecule has 5 heteroatoms. The third kappa shape index (κ3) is 5.72. The second-order valence-corrected chi connectivity index (χ2v) is 6.54. The normalized spacial score (nSPS) is 13.7. The van der Waals surface area contributed by atoms with Crippen molar-refractivity contribution in [1.82, 2.24) is 4.72 Å². The van der Waals surface area contributed by atoms with Crippen LogP contribution in [0.1, 0.15) is 32.3 Å². The Hall–Kier alpha value is -0.910. The van der Waals surface area contributed by atoms with Crippen LogP contribution in [0.4, 0.5) is 0 Å².